The van der Waals surface area contributed by atoms with Crippen LogP contribution in [-0.4, -0.2) is 21.5 Å². The number of furan rings is 1. The maximum Gasteiger partial charge on any atom is 0.208 e. The Balaban J connectivity index is 1.90. The summed E-state index contributed by atoms with van der Waals surface area (Å²) >= 11 is 1.36. The van der Waals surface area contributed by atoms with Crippen LogP contribution in [0.2, 0.25) is 0 Å². The van der Waals surface area contributed by atoms with E-state index in [1.54, 1.807) is 24.5 Å². The van der Waals surface area contributed by atoms with E-state index < -0.39 is 0 Å². The molecule has 1 N–H and O–H groups in total. The lowest BCUT2D eigenvalue weighted by atomic mass is 10.3. The predicted molar refractivity (Wildman–Crippen MR) is 52.4 cm³/mol. The van der Waals surface area contributed by atoms with E-state index in [4.69, 9.17) is 4.42 Å². The minimum absolute atomic E-state index is 0.0311. The largest absolute Gasteiger partial charge is 0.461 e. The second-order valence-corrected chi connectivity index (χ2v) is 3.55. The highest BCUT2D eigenvalue weighted by molar-refractivity contribution is 7.99. The Hall–Kier alpha value is -1.49. The van der Waals surface area contributed by atoms with Crippen molar-refractivity contribution in [3.05, 3.63) is 36.5 Å². The number of carbonyl (C=O) groups is 1. The first-order chi connectivity index (χ1) is 6.86. The topological polar surface area (TPSA) is 58.9 Å². The average Bonchev–Trinajstić information content (AvgIpc) is 2.87. The molecule has 2 aromatic rings. The Morgan fingerprint density at radius 1 is 1.64 bits per heavy atom. The molecule has 0 amide bonds. The third kappa shape index (κ3) is 2.05. The van der Waals surface area contributed by atoms with Crippen LogP contribution in [0.25, 0.3) is 0 Å². The van der Waals surface area contributed by atoms with Gasteiger partial charge in [-0.15, -0.1) is 0 Å². The molecule has 14 heavy (non-hydrogen) atoms. The fourth-order valence-electron chi connectivity index (χ4n) is 0.972. The van der Waals surface area contributed by atoms with Crippen LogP contribution in [0, 0.1) is 0 Å². The Kier molecular flexibility index (Phi) is 2.69. The molecule has 0 saturated heterocycles. The highest BCUT2D eigenvalue weighted by atomic mass is 32.2. The van der Waals surface area contributed by atoms with Gasteiger partial charge in [0.1, 0.15) is 0 Å². The summed E-state index contributed by atoms with van der Waals surface area (Å²) in [7, 11) is 0. The summed E-state index contributed by atoms with van der Waals surface area (Å²) in [4.78, 5) is 18.3. The molecule has 2 heterocycles. The number of hydrogen-bond donors (Lipinski definition) is 1. The predicted octanol–water partition coefficient (Wildman–Crippen LogP) is 1.98. The Morgan fingerprint density at radius 2 is 2.57 bits per heavy atom. The monoisotopic (exact) mass is 208 g/mol. The number of imidazole rings is 1. The first kappa shape index (κ1) is 9.08. The first-order valence-electron chi connectivity index (χ1n) is 4.05. The van der Waals surface area contributed by atoms with Crippen molar-refractivity contribution in [2.24, 2.45) is 0 Å². The van der Waals surface area contributed by atoms with Crippen molar-refractivity contribution in [3.8, 4) is 0 Å². The number of aromatic nitrogens is 2. The number of thioether (sulfide) groups is 1. The minimum Gasteiger partial charge on any atom is -0.461 e. The lowest BCUT2D eigenvalue weighted by Gasteiger charge is -1.94. The smallest absolute Gasteiger partial charge is 0.208 e. The van der Waals surface area contributed by atoms with Gasteiger partial charge in [0.15, 0.2) is 10.9 Å². The van der Waals surface area contributed by atoms with Gasteiger partial charge in [-0.25, -0.2) is 4.98 Å². The second kappa shape index (κ2) is 4.15. The van der Waals surface area contributed by atoms with E-state index in [0.717, 1.165) is 5.16 Å². The molecular weight excluding hydrogens is 200 g/mol. The standard InChI is InChI=1S/C9H8N2O2S/c12-7(8-2-1-5-13-8)6-14-9-10-3-4-11-9/h1-5H,6H2,(H,10,11). The van der Waals surface area contributed by atoms with E-state index in [-0.39, 0.29) is 5.78 Å². The normalized spacial score (nSPS) is 10.3. The fourth-order valence-corrected chi connectivity index (χ4v) is 1.67. The third-order valence-electron chi connectivity index (χ3n) is 1.61. The van der Waals surface area contributed by atoms with E-state index in [1.165, 1.54) is 18.0 Å². The SMILES string of the molecule is O=C(CSc1ncc[nH]1)c1ccco1. The highest BCUT2D eigenvalue weighted by Gasteiger charge is 2.09. The summed E-state index contributed by atoms with van der Waals surface area (Å²) in [6.45, 7) is 0. The number of carbonyl (C=O) groups excluding carboxylic acids is 1. The molecule has 0 unspecified atom stereocenters. The van der Waals surface area contributed by atoms with Crippen molar-refractivity contribution in [1.29, 1.82) is 0 Å². The van der Waals surface area contributed by atoms with Crippen LogP contribution in [0.3, 0.4) is 0 Å². The summed E-state index contributed by atoms with van der Waals surface area (Å²) in [6.07, 6.45) is 4.87. The third-order valence-corrected chi connectivity index (χ3v) is 2.51. The van der Waals surface area contributed by atoms with Gasteiger partial charge >= 0.3 is 0 Å². The van der Waals surface area contributed by atoms with E-state index in [2.05, 4.69) is 9.97 Å². The Morgan fingerprint density at radius 3 is 3.21 bits per heavy atom. The van der Waals surface area contributed by atoms with Crippen molar-refractivity contribution in [1.82, 2.24) is 9.97 Å². The zero-order valence-electron chi connectivity index (χ0n) is 7.27. The number of H-pyrrole nitrogens is 1. The van der Waals surface area contributed by atoms with E-state index in [1.807, 2.05) is 0 Å². The van der Waals surface area contributed by atoms with Gasteiger partial charge in [-0.05, 0) is 12.1 Å². The molecule has 0 aliphatic carbocycles. The Bertz CT molecular complexity index is 394. The molecule has 2 rings (SSSR count). The summed E-state index contributed by atoms with van der Waals surface area (Å²) < 4.78 is 4.97. The number of ketones is 1. The van der Waals surface area contributed by atoms with Gasteiger partial charge in [0.25, 0.3) is 0 Å². The molecule has 0 spiro atoms. The lowest BCUT2D eigenvalue weighted by molar-refractivity contribution is 0.0992. The van der Waals surface area contributed by atoms with Crippen LogP contribution in [0.1, 0.15) is 10.6 Å². The summed E-state index contributed by atoms with van der Waals surface area (Å²) in [5, 5.41) is 0.741. The van der Waals surface area contributed by atoms with Crippen LogP contribution < -0.4 is 0 Å². The van der Waals surface area contributed by atoms with Gasteiger partial charge in [-0.1, -0.05) is 11.8 Å². The molecule has 4 nitrogen and oxygen atoms in total. The van der Waals surface area contributed by atoms with Crippen molar-refractivity contribution >= 4 is 17.5 Å². The molecular formula is C9H8N2O2S. The molecule has 0 fully saturated rings. The Labute approximate surface area is 84.7 Å². The van der Waals surface area contributed by atoms with Gasteiger partial charge in [-0.3, -0.25) is 4.79 Å². The van der Waals surface area contributed by atoms with Gasteiger partial charge in [0, 0.05) is 12.4 Å². The molecule has 0 aliphatic rings. The number of nitrogens with zero attached hydrogens (tertiary/aromatic N) is 1. The van der Waals surface area contributed by atoms with E-state index in [9.17, 15) is 4.79 Å². The van der Waals surface area contributed by atoms with Gasteiger partial charge in [0.2, 0.25) is 5.78 Å². The summed E-state index contributed by atoms with van der Waals surface area (Å²) in [5.41, 5.74) is 0. The zero-order chi connectivity index (χ0) is 9.80. The number of hydrogen-bond acceptors (Lipinski definition) is 4. The van der Waals surface area contributed by atoms with Gasteiger partial charge in [0.05, 0.1) is 12.0 Å². The summed E-state index contributed by atoms with van der Waals surface area (Å²) in [6, 6.07) is 3.36. The van der Waals surface area contributed by atoms with Crippen LogP contribution >= 0.6 is 11.8 Å². The molecule has 0 saturated carbocycles. The lowest BCUT2D eigenvalue weighted by Crippen LogP contribution is -2.00. The summed E-state index contributed by atoms with van der Waals surface area (Å²) in [5.74, 6) is 0.696. The second-order valence-electron chi connectivity index (χ2n) is 2.58. The maximum atomic E-state index is 11.4. The number of nitrogens with one attached hydrogen (secondary N) is 1. The quantitative estimate of drug-likeness (QED) is 0.616. The zero-order valence-corrected chi connectivity index (χ0v) is 8.08. The van der Waals surface area contributed by atoms with Gasteiger partial charge in [-0.2, -0.15) is 0 Å². The minimum atomic E-state index is -0.0311. The molecule has 0 aliphatic heterocycles. The molecule has 72 valence electrons. The molecule has 0 atom stereocenters. The van der Waals surface area contributed by atoms with E-state index >= 15 is 0 Å². The van der Waals surface area contributed by atoms with Crippen LogP contribution in [-0.2, 0) is 0 Å². The number of Topliss-reactive ketones (excluding diaryl/α,β-unsaturated/α-hetero) is 1. The highest BCUT2D eigenvalue weighted by Crippen LogP contribution is 2.14. The fraction of sp³-hybridized carbons (Fsp3) is 0.111. The van der Waals surface area contributed by atoms with Crippen molar-refractivity contribution < 1.29 is 9.21 Å². The first-order valence-corrected chi connectivity index (χ1v) is 5.04. The van der Waals surface area contributed by atoms with Crippen LogP contribution in [0.4, 0.5) is 0 Å². The van der Waals surface area contributed by atoms with Crippen LogP contribution in [0.5, 0.6) is 0 Å². The molecule has 5 heteroatoms. The van der Waals surface area contributed by atoms with Crippen molar-refractivity contribution in [2.75, 3.05) is 5.75 Å². The molecule has 0 aromatic carbocycles. The molecule has 2 aromatic heterocycles. The van der Waals surface area contributed by atoms with E-state index in [0.29, 0.717) is 11.5 Å². The number of rotatable bonds is 4. The average molecular weight is 208 g/mol. The van der Waals surface area contributed by atoms with Crippen molar-refractivity contribution in [2.45, 2.75) is 5.16 Å². The van der Waals surface area contributed by atoms with Crippen molar-refractivity contribution in [3.63, 3.8) is 0 Å². The van der Waals surface area contributed by atoms with Crippen LogP contribution in [0.15, 0.2) is 40.4 Å². The molecule has 0 radical (unpaired) electrons. The maximum absolute atomic E-state index is 11.4. The molecule has 0 bridgehead atoms. The van der Waals surface area contributed by atoms with Gasteiger partial charge < -0.3 is 9.40 Å². The number of aromatic amines is 1.